The number of likely N-dealkylation sites (tertiary alicyclic amines) is 1. The maximum absolute atomic E-state index is 12.3. The number of pyridine rings is 1. The third kappa shape index (κ3) is 2.97. The Balaban J connectivity index is 1.66. The third-order valence-corrected chi connectivity index (χ3v) is 4.84. The molecule has 1 unspecified atom stereocenters. The van der Waals surface area contributed by atoms with Crippen molar-refractivity contribution in [2.24, 2.45) is 5.92 Å². The van der Waals surface area contributed by atoms with Gasteiger partial charge in [0.25, 0.3) is 0 Å². The zero-order chi connectivity index (χ0) is 14.8. The number of hydrogen-bond acceptors (Lipinski definition) is 4. The molecule has 1 atom stereocenters. The molecule has 2 aromatic rings. The van der Waals surface area contributed by atoms with Gasteiger partial charge in [0.2, 0.25) is 5.91 Å². The van der Waals surface area contributed by atoms with Crippen LogP contribution in [0.5, 0.6) is 0 Å². The minimum Gasteiger partial charge on any atom is -0.339 e. The van der Waals surface area contributed by atoms with Crippen LogP contribution in [0.2, 0.25) is 0 Å². The summed E-state index contributed by atoms with van der Waals surface area (Å²) in [4.78, 5) is 23.2. The molecule has 0 bridgehead atoms. The number of amides is 1. The van der Waals surface area contributed by atoms with Gasteiger partial charge in [0.15, 0.2) is 0 Å². The van der Waals surface area contributed by atoms with Crippen LogP contribution in [0.25, 0.3) is 10.7 Å². The summed E-state index contributed by atoms with van der Waals surface area (Å²) in [6, 6.07) is 6.18. The third-order valence-electron chi connectivity index (χ3n) is 3.92. The largest absolute Gasteiger partial charge is 0.339 e. The Hall–Kier alpha value is -1.75. The number of rotatable bonds is 4. The van der Waals surface area contributed by atoms with Crippen molar-refractivity contribution < 1.29 is 4.79 Å². The van der Waals surface area contributed by atoms with Crippen LogP contribution in [-0.4, -0.2) is 33.4 Å². The molecule has 1 saturated heterocycles. The summed E-state index contributed by atoms with van der Waals surface area (Å²) >= 11 is 1.54. The first-order valence-corrected chi connectivity index (χ1v) is 8.18. The highest BCUT2D eigenvalue weighted by atomic mass is 32.1. The van der Waals surface area contributed by atoms with E-state index in [4.69, 9.17) is 0 Å². The summed E-state index contributed by atoms with van der Waals surface area (Å²) in [6.07, 6.45) is 3.28. The van der Waals surface area contributed by atoms with Crippen molar-refractivity contribution in [3.05, 3.63) is 35.5 Å². The molecule has 0 N–H and O–H groups in total. The smallest absolute Gasteiger partial charge is 0.228 e. The van der Waals surface area contributed by atoms with E-state index in [0.717, 1.165) is 29.4 Å². The summed E-state index contributed by atoms with van der Waals surface area (Å²) < 4.78 is 0. The Bertz CT molecular complexity index is 623. The molecule has 1 aliphatic heterocycles. The van der Waals surface area contributed by atoms with Crippen LogP contribution in [0.15, 0.2) is 29.8 Å². The normalized spacial score (nSPS) is 17.9. The fourth-order valence-corrected chi connectivity index (χ4v) is 3.46. The maximum atomic E-state index is 12.3. The van der Waals surface area contributed by atoms with Crippen molar-refractivity contribution in [1.82, 2.24) is 14.9 Å². The van der Waals surface area contributed by atoms with Crippen LogP contribution in [0.1, 0.15) is 26.0 Å². The molecule has 1 aliphatic rings. The molecule has 3 rings (SSSR count). The van der Waals surface area contributed by atoms with Gasteiger partial charge in [0.05, 0.1) is 17.8 Å². The number of carbonyl (C=O) groups excluding carboxylic acids is 1. The van der Waals surface area contributed by atoms with E-state index in [1.807, 2.05) is 28.5 Å². The van der Waals surface area contributed by atoms with Crippen LogP contribution in [0.3, 0.4) is 0 Å². The van der Waals surface area contributed by atoms with E-state index < -0.39 is 0 Å². The Morgan fingerprint density at radius 2 is 2.33 bits per heavy atom. The number of carbonyl (C=O) groups is 1. The number of nitrogens with zero attached hydrogens (tertiary/aromatic N) is 3. The first-order chi connectivity index (χ1) is 10.1. The zero-order valence-electron chi connectivity index (χ0n) is 12.3. The average Bonchev–Trinajstić information content (AvgIpc) is 2.86. The molecule has 0 aromatic carbocycles. The highest BCUT2D eigenvalue weighted by molar-refractivity contribution is 7.13. The second kappa shape index (κ2) is 5.93. The van der Waals surface area contributed by atoms with Crippen molar-refractivity contribution in [3.8, 4) is 10.7 Å². The summed E-state index contributed by atoms with van der Waals surface area (Å²) in [6.45, 7) is 5.23. The molecule has 110 valence electrons. The Morgan fingerprint density at radius 3 is 2.95 bits per heavy atom. The molecule has 4 nitrogen and oxygen atoms in total. The standard InChI is InChI=1S/C16H19N3OS/c1-11(2)14-6-8-19(14)15(20)9-12-10-21-16(18-12)13-5-3-4-7-17-13/h3-5,7,10-11,14H,6,8-9H2,1-2H3. The van der Waals surface area contributed by atoms with Crippen molar-refractivity contribution >= 4 is 17.2 Å². The van der Waals surface area contributed by atoms with Crippen LogP contribution >= 0.6 is 11.3 Å². The monoisotopic (exact) mass is 301 g/mol. The van der Waals surface area contributed by atoms with Crippen LogP contribution in [-0.2, 0) is 11.2 Å². The van der Waals surface area contributed by atoms with Gasteiger partial charge in [-0.1, -0.05) is 19.9 Å². The van der Waals surface area contributed by atoms with Crippen LogP contribution < -0.4 is 0 Å². The molecule has 0 aliphatic carbocycles. The van der Waals surface area contributed by atoms with E-state index in [2.05, 4.69) is 23.8 Å². The van der Waals surface area contributed by atoms with E-state index >= 15 is 0 Å². The molecule has 1 fully saturated rings. The van der Waals surface area contributed by atoms with E-state index in [1.54, 1.807) is 17.5 Å². The molecule has 3 heterocycles. The minimum atomic E-state index is 0.192. The Morgan fingerprint density at radius 1 is 1.48 bits per heavy atom. The topological polar surface area (TPSA) is 46.1 Å². The highest BCUT2D eigenvalue weighted by Crippen LogP contribution is 2.26. The van der Waals surface area contributed by atoms with E-state index in [1.165, 1.54) is 0 Å². The fourth-order valence-electron chi connectivity index (χ4n) is 2.66. The van der Waals surface area contributed by atoms with Gasteiger partial charge in [0.1, 0.15) is 5.01 Å². The molecule has 0 radical (unpaired) electrons. The first-order valence-electron chi connectivity index (χ1n) is 7.30. The molecule has 1 amide bonds. The van der Waals surface area contributed by atoms with Gasteiger partial charge in [-0.25, -0.2) is 4.98 Å². The summed E-state index contributed by atoms with van der Waals surface area (Å²) in [5.74, 6) is 0.722. The number of thiazole rings is 1. The van der Waals surface area contributed by atoms with Gasteiger partial charge in [-0.2, -0.15) is 0 Å². The second-order valence-corrected chi connectivity index (χ2v) is 6.58. The molecular weight excluding hydrogens is 282 g/mol. The lowest BCUT2D eigenvalue weighted by atomic mass is 9.91. The van der Waals surface area contributed by atoms with E-state index in [0.29, 0.717) is 18.4 Å². The van der Waals surface area contributed by atoms with Crippen molar-refractivity contribution in [2.75, 3.05) is 6.54 Å². The lowest BCUT2D eigenvalue weighted by molar-refractivity contribution is -0.139. The minimum absolute atomic E-state index is 0.192. The van der Waals surface area contributed by atoms with Crippen LogP contribution in [0.4, 0.5) is 0 Å². The van der Waals surface area contributed by atoms with Gasteiger partial charge in [-0.05, 0) is 24.5 Å². The van der Waals surface area contributed by atoms with Crippen molar-refractivity contribution in [3.63, 3.8) is 0 Å². The predicted molar refractivity (Wildman–Crippen MR) is 84.0 cm³/mol. The van der Waals surface area contributed by atoms with Crippen molar-refractivity contribution in [2.45, 2.75) is 32.7 Å². The lowest BCUT2D eigenvalue weighted by Gasteiger charge is -2.43. The molecular formula is C16H19N3OS. The quantitative estimate of drug-likeness (QED) is 0.872. The highest BCUT2D eigenvalue weighted by Gasteiger charge is 2.34. The SMILES string of the molecule is CC(C)C1CCN1C(=O)Cc1csc(-c2ccccn2)n1. The summed E-state index contributed by atoms with van der Waals surface area (Å²) in [5.41, 5.74) is 1.71. The summed E-state index contributed by atoms with van der Waals surface area (Å²) in [7, 11) is 0. The van der Waals surface area contributed by atoms with Gasteiger partial charge < -0.3 is 4.90 Å². The molecule has 2 aromatic heterocycles. The molecule has 0 saturated carbocycles. The zero-order valence-corrected chi connectivity index (χ0v) is 13.1. The van der Waals surface area contributed by atoms with Gasteiger partial charge in [-0.15, -0.1) is 11.3 Å². The van der Waals surface area contributed by atoms with E-state index in [-0.39, 0.29) is 5.91 Å². The predicted octanol–water partition coefficient (Wildman–Crippen LogP) is 3.00. The first kappa shape index (κ1) is 14.2. The Kier molecular flexibility index (Phi) is 4.01. The number of hydrogen-bond donors (Lipinski definition) is 0. The summed E-state index contributed by atoms with van der Waals surface area (Å²) in [5, 5.41) is 2.84. The molecule has 21 heavy (non-hydrogen) atoms. The Labute approximate surface area is 128 Å². The second-order valence-electron chi connectivity index (χ2n) is 5.72. The average molecular weight is 301 g/mol. The van der Waals surface area contributed by atoms with E-state index in [9.17, 15) is 4.79 Å². The number of aromatic nitrogens is 2. The van der Waals surface area contributed by atoms with Gasteiger partial charge in [0, 0.05) is 24.2 Å². The molecule has 5 heteroatoms. The van der Waals surface area contributed by atoms with Crippen molar-refractivity contribution in [1.29, 1.82) is 0 Å². The van der Waals surface area contributed by atoms with Crippen LogP contribution in [0, 0.1) is 5.92 Å². The fraction of sp³-hybridized carbons (Fsp3) is 0.438. The maximum Gasteiger partial charge on any atom is 0.228 e. The van der Waals surface area contributed by atoms with Gasteiger partial charge >= 0.3 is 0 Å². The van der Waals surface area contributed by atoms with Gasteiger partial charge in [-0.3, -0.25) is 9.78 Å². The lowest BCUT2D eigenvalue weighted by Crippen LogP contribution is -2.54. The molecule has 0 spiro atoms.